The average Bonchev–Trinajstić information content (AvgIpc) is 3.35. The first kappa shape index (κ1) is 21.9. The highest BCUT2D eigenvalue weighted by Crippen LogP contribution is 2.33. The second-order valence-corrected chi connectivity index (χ2v) is 7.76. The summed E-state index contributed by atoms with van der Waals surface area (Å²) in [4.78, 5) is 42.7. The van der Waals surface area contributed by atoms with Crippen molar-refractivity contribution < 1.29 is 14.4 Å². The van der Waals surface area contributed by atoms with Crippen LogP contribution in [0, 0.1) is 0 Å². The molecule has 1 aliphatic heterocycles. The fourth-order valence-corrected chi connectivity index (χ4v) is 3.72. The van der Waals surface area contributed by atoms with Crippen molar-refractivity contribution in [3.8, 4) is 0 Å². The van der Waals surface area contributed by atoms with Crippen LogP contribution in [0.4, 0.5) is 11.4 Å². The van der Waals surface area contributed by atoms with Crippen LogP contribution in [-0.4, -0.2) is 37.4 Å². The van der Waals surface area contributed by atoms with Crippen LogP contribution in [0.25, 0.3) is 6.08 Å². The van der Waals surface area contributed by atoms with E-state index in [0.717, 1.165) is 11.1 Å². The summed E-state index contributed by atoms with van der Waals surface area (Å²) >= 11 is 0. The Bertz CT molecular complexity index is 1190. The molecule has 0 aliphatic carbocycles. The van der Waals surface area contributed by atoms with Crippen LogP contribution in [0.15, 0.2) is 67.4 Å². The highest BCUT2D eigenvalue weighted by molar-refractivity contribution is 5.95. The molecular formula is C24H24N6O3. The molecule has 2 N–H and O–H groups in total. The fourth-order valence-electron chi connectivity index (χ4n) is 3.72. The van der Waals surface area contributed by atoms with E-state index in [0.29, 0.717) is 11.4 Å². The number of anilines is 2. The zero-order valence-electron chi connectivity index (χ0n) is 18.3. The molecule has 1 aliphatic rings. The van der Waals surface area contributed by atoms with Crippen molar-refractivity contribution >= 4 is 35.2 Å². The molecule has 0 saturated carbocycles. The number of fused-ring (bicyclic) bond motifs is 1. The third kappa shape index (κ3) is 4.98. The second-order valence-electron chi connectivity index (χ2n) is 7.76. The summed E-state index contributed by atoms with van der Waals surface area (Å²) in [6.45, 7) is 3.21. The number of carbonyl (C=O) groups is 3. The Balaban J connectivity index is 1.39. The lowest BCUT2D eigenvalue weighted by Gasteiger charge is -2.32. The highest BCUT2D eigenvalue weighted by Gasteiger charge is 2.28. The topological polar surface area (TPSA) is 109 Å². The summed E-state index contributed by atoms with van der Waals surface area (Å²) in [5.74, 6) is -0.572. The van der Waals surface area contributed by atoms with Crippen molar-refractivity contribution in [3.63, 3.8) is 0 Å². The predicted molar refractivity (Wildman–Crippen MR) is 124 cm³/mol. The fraction of sp³-hybridized carbons (Fsp3) is 0.208. The first-order valence-corrected chi connectivity index (χ1v) is 10.5. The van der Waals surface area contributed by atoms with Gasteiger partial charge in [-0.1, -0.05) is 24.3 Å². The van der Waals surface area contributed by atoms with Gasteiger partial charge in [-0.05, 0) is 48.4 Å². The molecule has 3 aromatic rings. The van der Waals surface area contributed by atoms with Crippen LogP contribution in [-0.2, 0) is 14.4 Å². The first-order chi connectivity index (χ1) is 15.9. The van der Waals surface area contributed by atoms with E-state index >= 15 is 0 Å². The minimum absolute atomic E-state index is 0.120. The lowest BCUT2D eigenvalue weighted by molar-refractivity contribution is -0.129. The number of nitrogens with zero attached hydrogens (tertiary/aromatic N) is 4. The van der Waals surface area contributed by atoms with Crippen LogP contribution >= 0.6 is 0 Å². The smallest absolute Gasteiger partial charge is 0.249 e. The molecule has 3 amide bonds. The number of aromatic nitrogens is 3. The van der Waals surface area contributed by atoms with Gasteiger partial charge >= 0.3 is 0 Å². The number of carbonyl (C=O) groups excluding carboxylic acids is 3. The minimum Gasteiger partial charge on any atom is -0.326 e. The Hall–Kier alpha value is -4.27. The van der Waals surface area contributed by atoms with Crippen molar-refractivity contribution in [2.45, 2.75) is 32.4 Å². The molecule has 4 rings (SSSR count). The molecule has 0 saturated heterocycles. The van der Waals surface area contributed by atoms with Gasteiger partial charge in [0, 0.05) is 24.5 Å². The molecule has 2 atom stereocenters. The Kier molecular flexibility index (Phi) is 6.30. The molecule has 0 radical (unpaired) electrons. The SMILES string of the molecule is CC(=O)N1C=Cc2ccccc2C1CC(=O)Nc1ccc(NC(=O)C(C)n2cncn2)cc1. The van der Waals surface area contributed by atoms with Crippen LogP contribution < -0.4 is 10.6 Å². The predicted octanol–water partition coefficient (Wildman–Crippen LogP) is 3.38. The number of rotatable bonds is 6. The zero-order chi connectivity index (χ0) is 23.4. The molecule has 9 heteroatoms. The van der Waals surface area contributed by atoms with Crippen LogP contribution in [0.1, 0.15) is 43.5 Å². The minimum atomic E-state index is -0.511. The molecule has 0 fully saturated rings. The number of amides is 3. The second kappa shape index (κ2) is 9.47. The largest absolute Gasteiger partial charge is 0.326 e. The van der Waals surface area contributed by atoms with Gasteiger partial charge in [0.2, 0.25) is 17.7 Å². The van der Waals surface area contributed by atoms with Crippen LogP contribution in [0.5, 0.6) is 0 Å². The van der Waals surface area contributed by atoms with E-state index in [2.05, 4.69) is 20.7 Å². The molecular weight excluding hydrogens is 420 g/mol. The summed E-state index contributed by atoms with van der Waals surface area (Å²) in [6, 6.07) is 13.7. The standard InChI is InChI=1S/C24H24N6O3/c1-16(30-15-25-14-26-30)24(33)28-20-9-7-19(8-10-20)27-23(32)13-22-21-6-4-3-5-18(21)11-12-29(22)17(2)31/h3-12,14-16,22H,13H2,1-2H3,(H,27,32)(H,28,33). The third-order valence-electron chi connectivity index (χ3n) is 5.50. The van der Waals surface area contributed by atoms with Gasteiger partial charge < -0.3 is 15.5 Å². The zero-order valence-corrected chi connectivity index (χ0v) is 18.3. The van der Waals surface area contributed by atoms with Gasteiger partial charge in [-0.25, -0.2) is 9.67 Å². The van der Waals surface area contributed by atoms with Crippen molar-refractivity contribution in [2.24, 2.45) is 0 Å². The maximum absolute atomic E-state index is 12.8. The number of hydrogen-bond acceptors (Lipinski definition) is 5. The van der Waals surface area contributed by atoms with Crippen molar-refractivity contribution in [3.05, 3.63) is 78.5 Å². The average molecular weight is 444 g/mol. The van der Waals surface area contributed by atoms with Crippen molar-refractivity contribution in [2.75, 3.05) is 10.6 Å². The summed E-state index contributed by atoms with van der Waals surface area (Å²) in [5, 5.41) is 9.65. The lowest BCUT2D eigenvalue weighted by atomic mass is 9.93. The Morgan fingerprint density at radius 3 is 2.39 bits per heavy atom. The first-order valence-electron chi connectivity index (χ1n) is 10.5. The van der Waals surface area contributed by atoms with E-state index in [1.807, 2.05) is 30.3 Å². The molecule has 9 nitrogen and oxygen atoms in total. The molecule has 0 spiro atoms. The third-order valence-corrected chi connectivity index (χ3v) is 5.50. The van der Waals surface area contributed by atoms with E-state index in [4.69, 9.17) is 0 Å². The Labute approximate surface area is 191 Å². The molecule has 0 bridgehead atoms. The number of nitrogens with one attached hydrogen (secondary N) is 2. The lowest BCUT2D eigenvalue weighted by Crippen LogP contribution is -2.33. The Morgan fingerprint density at radius 2 is 1.73 bits per heavy atom. The highest BCUT2D eigenvalue weighted by atomic mass is 16.2. The molecule has 2 unspecified atom stereocenters. The number of benzene rings is 2. The normalized spacial score (nSPS) is 15.5. The van der Waals surface area contributed by atoms with Crippen molar-refractivity contribution in [1.82, 2.24) is 19.7 Å². The van der Waals surface area contributed by atoms with Gasteiger partial charge in [0.25, 0.3) is 0 Å². The molecule has 33 heavy (non-hydrogen) atoms. The summed E-state index contributed by atoms with van der Waals surface area (Å²) in [7, 11) is 0. The van der Waals surface area contributed by atoms with E-state index < -0.39 is 6.04 Å². The van der Waals surface area contributed by atoms with Gasteiger partial charge in [0.05, 0.1) is 12.5 Å². The van der Waals surface area contributed by atoms with Gasteiger partial charge in [0.15, 0.2) is 0 Å². The van der Waals surface area contributed by atoms with Crippen LogP contribution in [0.2, 0.25) is 0 Å². The van der Waals surface area contributed by atoms with E-state index in [1.54, 1.807) is 42.3 Å². The molecule has 168 valence electrons. The molecule has 1 aromatic heterocycles. The molecule has 2 aromatic carbocycles. The maximum atomic E-state index is 12.8. The number of hydrogen-bond donors (Lipinski definition) is 2. The quantitative estimate of drug-likeness (QED) is 0.606. The monoisotopic (exact) mass is 444 g/mol. The molecule has 2 heterocycles. The van der Waals surface area contributed by atoms with Gasteiger partial charge in [-0.15, -0.1) is 0 Å². The van der Waals surface area contributed by atoms with E-state index in [1.165, 1.54) is 24.3 Å². The van der Waals surface area contributed by atoms with Gasteiger partial charge in [-0.2, -0.15) is 5.10 Å². The van der Waals surface area contributed by atoms with Crippen LogP contribution in [0.3, 0.4) is 0 Å². The van der Waals surface area contributed by atoms with E-state index in [9.17, 15) is 14.4 Å². The summed E-state index contributed by atoms with van der Waals surface area (Å²) < 4.78 is 1.47. The van der Waals surface area contributed by atoms with E-state index in [-0.39, 0.29) is 30.2 Å². The van der Waals surface area contributed by atoms with Crippen molar-refractivity contribution in [1.29, 1.82) is 0 Å². The van der Waals surface area contributed by atoms with Gasteiger partial charge in [0.1, 0.15) is 18.7 Å². The van der Waals surface area contributed by atoms with Gasteiger partial charge in [-0.3, -0.25) is 14.4 Å². The maximum Gasteiger partial charge on any atom is 0.249 e. The summed E-state index contributed by atoms with van der Waals surface area (Å²) in [6.07, 6.45) is 6.58. The summed E-state index contributed by atoms with van der Waals surface area (Å²) in [5.41, 5.74) is 3.12. The Morgan fingerprint density at radius 1 is 1.03 bits per heavy atom.